The normalized spacial score (nSPS) is 10.7. The zero-order valence-electron chi connectivity index (χ0n) is 13.2. The summed E-state index contributed by atoms with van der Waals surface area (Å²) in [7, 11) is 0. The molecule has 0 radical (unpaired) electrons. The first-order valence-corrected chi connectivity index (χ1v) is 8.85. The van der Waals surface area contributed by atoms with E-state index in [1.54, 1.807) is 30.3 Å². The number of anilines is 1. The van der Waals surface area contributed by atoms with Crippen LogP contribution >= 0.6 is 11.8 Å². The molecular weight excluding hydrogens is 322 g/mol. The van der Waals surface area contributed by atoms with Gasteiger partial charge in [-0.3, -0.25) is 9.59 Å². The molecule has 1 amide bonds. The molecule has 0 atom stereocenters. The highest BCUT2D eigenvalue weighted by Crippen LogP contribution is 2.32. The number of furan rings is 1. The lowest BCUT2D eigenvalue weighted by Crippen LogP contribution is -2.16. The number of nitrogens with one attached hydrogen (secondary N) is 1. The third-order valence-electron chi connectivity index (χ3n) is 3.54. The summed E-state index contributed by atoms with van der Waals surface area (Å²) in [5.41, 5.74) is 1.55. The third kappa shape index (κ3) is 3.36. The Morgan fingerprint density at radius 1 is 1.04 bits per heavy atom. The van der Waals surface area contributed by atoms with Gasteiger partial charge < -0.3 is 9.73 Å². The largest absolute Gasteiger partial charge is 0.450 e. The van der Waals surface area contributed by atoms with Gasteiger partial charge in [0.25, 0.3) is 0 Å². The molecule has 5 heteroatoms. The van der Waals surface area contributed by atoms with Gasteiger partial charge in [0.1, 0.15) is 5.58 Å². The number of carbonyl (C=O) groups excluding carboxylic acids is 2. The molecule has 0 spiro atoms. The zero-order chi connectivity index (χ0) is 16.9. The quantitative estimate of drug-likeness (QED) is 0.678. The van der Waals surface area contributed by atoms with Gasteiger partial charge in [0.05, 0.1) is 11.4 Å². The van der Waals surface area contributed by atoms with Gasteiger partial charge in [0.15, 0.2) is 5.76 Å². The fourth-order valence-electron chi connectivity index (χ4n) is 2.42. The number of ketones is 1. The van der Waals surface area contributed by atoms with Gasteiger partial charge >= 0.3 is 0 Å². The topological polar surface area (TPSA) is 59.3 Å². The highest BCUT2D eigenvalue weighted by atomic mass is 32.2. The van der Waals surface area contributed by atoms with E-state index in [0.29, 0.717) is 22.6 Å². The number of amides is 1. The van der Waals surface area contributed by atoms with E-state index in [-0.39, 0.29) is 17.5 Å². The van der Waals surface area contributed by atoms with Crippen molar-refractivity contribution in [2.45, 2.75) is 6.92 Å². The van der Waals surface area contributed by atoms with Gasteiger partial charge in [-0.15, -0.1) is 0 Å². The van der Waals surface area contributed by atoms with Crippen LogP contribution in [0.25, 0.3) is 11.0 Å². The molecule has 0 aliphatic heterocycles. The first-order valence-electron chi connectivity index (χ1n) is 7.69. The average molecular weight is 339 g/mol. The molecule has 1 heterocycles. The highest BCUT2D eigenvalue weighted by molar-refractivity contribution is 7.99. The van der Waals surface area contributed by atoms with Crippen LogP contribution < -0.4 is 5.32 Å². The molecule has 122 valence electrons. The van der Waals surface area contributed by atoms with Crippen molar-refractivity contribution in [3.63, 3.8) is 0 Å². The lowest BCUT2D eigenvalue weighted by Gasteiger charge is -2.05. The Morgan fingerprint density at radius 2 is 1.75 bits per heavy atom. The van der Waals surface area contributed by atoms with Gasteiger partial charge in [-0.1, -0.05) is 49.4 Å². The predicted molar refractivity (Wildman–Crippen MR) is 97.7 cm³/mol. The second kappa shape index (κ2) is 7.36. The number of rotatable bonds is 6. The molecule has 0 fully saturated rings. The van der Waals surface area contributed by atoms with Crippen molar-refractivity contribution >= 4 is 40.1 Å². The van der Waals surface area contributed by atoms with Gasteiger partial charge in [-0.25, -0.2) is 0 Å². The molecule has 3 aromatic rings. The van der Waals surface area contributed by atoms with Crippen molar-refractivity contribution in [2.24, 2.45) is 0 Å². The summed E-state index contributed by atoms with van der Waals surface area (Å²) >= 11 is 1.53. The smallest absolute Gasteiger partial charge is 0.234 e. The summed E-state index contributed by atoms with van der Waals surface area (Å²) in [5.74, 6) is 0.975. The van der Waals surface area contributed by atoms with Gasteiger partial charge in [-0.05, 0) is 17.9 Å². The van der Waals surface area contributed by atoms with Crippen LogP contribution in [0.15, 0.2) is 59.0 Å². The van der Waals surface area contributed by atoms with Crippen LogP contribution in [0, 0.1) is 0 Å². The maximum atomic E-state index is 12.8. The molecule has 3 rings (SSSR count). The Kier molecular flexibility index (Phi) is 5.01. The van der Waals surface area contributed by atoms with Crippen LogP contribution in [-0.4, -0.2) is 23.2 Å². The number of carbonyl (C=O) groups is 2. The van der Waals surface area contributed by atoms with E-state index in [0.717, 1.165) is 11.1 Å². The highest BCUT2D eigenvalue weighted by Gasteiger charge is 2.23. The van der Waals surface area contributed by atoms with Crippen LogP contribution in [0.2, 0.25) is 0 Å². The second-order valence-corrected chi connectivity index (χ2v) is 6.46. The van der Waals surface area contributed by atoms with Crippen molar-refractivity contribution in [3.8, 4) is 0 Å². The van der Waals surface area contributed by atoms with E-state index in [2.05, 4.69) is 5.32 Å². The SMILES string of the molecule is CCSCC(=O)Nc1c(C(=O)c2ccccc2)oc2ccccc12. The maximum Gasteiger partial charge on any atom is 0.234 e. The Labute approximate surface area is 144 Å². The summed E-state index contributed by atoms with van der Waals surface area (Å²) in [6.07, 6.45) is 0. The molecule has 0 aliphatic rings. The van der Waals surface area contributed by atoms with Crippen molar-refractivity contribution in [1.29, 1.82) is 0 Å². The summed E-state index contributed by atoms with van der Waals surface area (Å²) in [6.45, 7) is 2.00. The number of hydrogen-bond donors (Lipinski definition) is 1. The van der Waals surface area contributed by atoms with Crippen LogP contribution in [0.3, 0.4) is 0 Å². The van der Waals surface area contributed by atoms with Crippen molar-refractivity contribution in [1.82, 2.24) is 0 Å². The molecule has 0 unspecified atom stereocenters. The molecular formula is C19H17NO3S. The van der Waals surface area contributed by atoms with E-state index < -0.39 is 0 Å². The fourth-order valence-corrected chi connectivity index (χ4v) is 2.88. The third-order valence-corrected chi connectivity index (χ3v) is 4.41. The minimum atomic E-state index is -0.245. The zero-order valence-corrected chi connectivity index (χ0v) is 14.1. The molecule has 4 nitrogen and oxygen atoms in total. The number of hydrogen-bond acceptors (Lipinski definition) is 4. The summed E-state index contributed by atoms with van der Waals surface area (Å²) in [6, 6.07) is 16.2. The molecule has 1 N–H and O–H groups in total. The summed E-state index contributed by atoms with van der Waals surface area (Å²) in [5, 5.41) is 3.57. The van der Waals surface area contributed by atoms with Crippen molar-refractivity contribution < 1.29 is 14.0 Å². The number of para-hydroxylation sites is 1. The minimum absolute atomic E-state index is 0.143. The van der Waals surface area contributed by atoms with Gasteiger partial charge in [-0.2, -0.15) is 11.8 Å². The van der Waals surface area contributed by atoms with Crippen molar-refractivity contribution in [2.75, 3.05) is 16.8 Å². The molecule has 0 saturated heterocycles. The van der Waals surface area contributed by atoms with Gasteiger partial charge in [0.2, 0.25) is 11.7 Å². The number of thioether (sulfide) groups is 1. The van der Waals surface area contributed by atoms with E-state index in [4.69, 9.17) is 4.42 Å². The standard InChI is InChI=1S/C19H17NO3S/c1-2-24-12-16(21)20-17-14-10-6-7-11-15(14)23-19(17)18(22)13-8-4-3-5-9-13/h3-11H,2,12H2,1H3,(H,20,21). The minimum Gasteiger partial charge on any atom is -0.450 e. The first-order chi connectivity index (χ1) is 11.7. The van der Waals surface area contributed by atoms with E-state index in [1.165, 1.54) is 11.8 Å². The molecule has 0 saturated carbocycles. The van der Waals surface area contributed by atoms with Crippen molar-refractivity contribution in [3.05, 3.63) is 65.9 Å². The fraction of sp³-hybridized carbons (Fsp3) is 0.158. The number of benzene rings is 2. The average Bonchev–Trinajstić information content (AvgIpc) is 2.98. The molecule has 2 aromatic carbocycles. The maximum absolute atomic E-state index is 12.8. The van der Waals surface area contributed by atoms with Gasteiger partial charge in [0, 0.05) is 10.9 Å². The first kappa shape index (κ1) is 16.3. The van der Waals surface area contributed by atoms with E-state index >= 15 is 0 Å². The molecule has 0 bridgehead atoms. The van der Waals surface area contributed by atoms with Crippen LogP contribution in [-0.2, 0) is 4.79 Å². The molecule has 1 aromatic heterocycles. The Morgan fingerprint density at radius 3 is 2.50 bits per heavy atom. The second-order valence-electron chi connectivity index (χ2n) is 5.18. The predicted octanol–water partition coefficient (Wildman–Crippen LogP) is 4.36. The Bertz CT molecular complexity index is 871. The van der Waals surface area contributed by atoms with Crippen LogP contribution in [0.1, 0.15) is 23.0 Å². The monoisotopic (exact) mass is 339 g/mol. The Balaban J connectivity index is 2.02. The molecule has 24 heavy (non-hydrogen) atoms. The van der Waals surface area contributed by atoms with E-state index in [1.807, 2.05) is 31.2 Å². The summed E-state index contributed by atoms with van der Waals surface area (Å²) in [4.78, 5) is 24.9. The van der Waals surface area contributed by atoms with Crippen LogP contribution in [0.4, 0.5) is 5.69 Å². The lowest BCUT2D eigenvalue weighted by molar-refractivity contribution is -0.113. The Hall–Kier alpha value is -2.53. The molecule has 0 aliphatic carbocycles. The summed E-state index contributed by atoms with van der Waals surface area (Å²) < 4.78 is 5.75. The van der Waals surface area contributed by atoms with Crippen LogP contribution in [0.5, 0.6) is 0 Å². The van der Waals surface area contributed by atoms with E-state index in [9.17, 15) is 9.59 Å². The number of fused-ring (bicyclic) bond motifs is 1. The lowest BCUT2D eigenvalue weighted by atomic mass is 10.1.